The number of aryl methyl sites for hydroxylation is 1. The molecule has 3 aromatic rings. The summed E-state index contributed by atoms with van der Waals surface area (Å²) in [4.78, 5) is 37.1. The number of methoxy groups -OCH3 is 1. The first-order valence-corrected chi connectivity index (χ1v) is 13.3. The number of hydrogen-bond donors (Lipinski definition) is 0. The van der Waals surface area contributed by atoms with Gasteiger partial charge in [-0.25, -0.2) is 0 Å². The van der Waals surface area contributed by atoms with Crippen molar-refractivity contribution in [1.29, 1.82) is 0 Å². The number of carbonyl (C=O) groups excluding carboxylic acids is 2. The second-order valence-corrected chi connectivity index (χ2v) is 10.1. The molecular formula is C29H35N5O4. The van der Waals surface area contributed by atoms with Gasteiger partial charge in [0, 0.05) is 82.2 Å². The third-order valence-corrected chi connectivity index (χ3v) is 7.68. The van der Waals surface area contributed by atoms with Gasteiger partial charge >= 0.3 is 0 Å². The van der Waals surface area contributed by atoms with Crippen LogP contribution in [-0.4, -0.2) is 64.0 Å². The fraction of sp³-hybridized carbons (Fsp3) is 0.448. The molecule has 2 amide bonds. The van der Waals surface area contributed by atoms with E-state index < -0.39 is 0 Å². The zero-order valence-electron chi connectivity index (χ0n) is 22.1. The molecule has 0 spiro atoms. The smallest absolute Gasteiger partial charge is 0.254 e. The maximum atomic E-state index is 13.7. The molecule has 9 heteroatoms. The summed E-state index contributed by atoms with van der Waals surface area (Å²) in [6.07, 6.45) is 7.38. The highest BCUT2D eigenvalue weighted by molar-refractivity contribution is 5.92. The molecule has 38 heavy (non-hydrogen) atoms. The van der Waals surface area contributed by atoms with Crippen LogP contribution < -0.4 is 9.64 Å². The van der Waals surface area contributed by atoms with Crippen LogP contribution in [0.4, 0.5) is 5.69 Å². The summed E-state index contributed by atoms with van der Waals surface area (Å²) in [6.45, 7) is 4.12. The summed E-state index contributed by atoms with van der Waals surface area (Å²) in [5.74, 6) is 1.09. The molecule has 5 rings (SSSR count). The molecule has 9 nitrogen and oxygen atoms in total. The maximum absolute atomic E-state index is 13.7. The van der Waals surface area contributed by atoms with Crippen LogP contribution in [0.2, 0.25) is 0 Å². The third-order valence-electron chi connectivity index (χ3n) is 7.68. The van der Waals surface area contributed by atoms with Crippen molar-refractivity contribution in [3.8, 4) is 5.88 Å². The highest BCUT2D eigenvalue weighted by Gasteiger charge is 2.36. The molecular weight excluding hydrogens is 482 g/mol. The summed E-state index contributed by atoms with van der Waals surface area (Å²) in [6, 6.07) is 14.3. The average Bonchev–Trinajstić information content (AvgIpc) is 3.54. The molecule has 0 N–H and O–H groups in total. The van der Waals surface area contributed by atoms with Crippen LogP contribution in [0.1, 0.15) is 49.5 Å². The van der Waals surface area contributed by atoms with Gasteiger partial charge in [0.05, 0.1) is 7.11 Å². The van der Waals surface area contributed by atoms with Gasteiger partial charge in [-0.2, -0.15) is 0 Å². The van der Waals surface area contributed by atoms with Gasteiger partial charge in [0.2, 0.25) is 11.8 Å². The Balaban J connectivity index is 1.44. The molecule has 2 bridgehead atoms. The fourth-order valence-corrected chi connectivity index (χ4v) is 5.73. The minimum absolute atomic E-state index is 0.0159. The first-order valence-electron chi connectivity index (χ1n) is 13.3. The Kier molecular flexibility index (Phi) is 8.03. The van der Waals surface area contributed by atoms with Gasteiger partial charge in [-0.1, -0.05) is 24.3 Å². The number of carbonyl (C=O) groups is 2. The van der Waals surface area contributed by atoms with Crippen molar-refractivity contribution in [2.24, 2.45) is 0 Å². The van der Waals surface area contributed by atoms with Crippen molar-refractivity contribution in [3.05, 3.63) is 71.7 Å². The van der Waals surface area contributed by atoms with E-state index in [4.69, 9.17) is 9.26 Å². The molecule has 200 valence electrons. The minimum atomic E-state index is 0.0159. The first kappa shape index (κ1) is 25.9. The van der Waals surface area contributed by atoms with E-state index in [0.29, 0.717) is 50.2 Å². The maximum Gasteiger partial charge on any atom is 0.254 e. The summed E-state index contributed by atoms with van der Waals surface area (Å²) >= 11 is 0. The predicted molar refractivity (Wildman–Crippen MR) is 142 cm³/mol. The largest absolute Gasteiger partial charge is 0.479 e. The van der Waals surface area contributed by atoms with Crippen LogP contribution in [-0.2, 0) is 29.1 Å². The Hall–Kier alpha value is -3.72. The molecule has 1 saturated heterocycles. The molecule has 0 saturated carbocycles. The highest BCUT2D eigenvalue weighted by atomic mass is 16.5. The summed E-state index contributed by atoms with van der Waals surface area (Å²) in [5, 5.41) is 3.85. The number of para-hydroxylation sites is 1. The molecule has 4 heterocycles. The van der Waals surface area contributed by atoms with Crippen molar-refractivity contribution in [1.82, 2.24) is 19.9 Å². The Morgan fingerprint density at radius 2 is 1.95 bits per heavy atom. The van der Waals surface area contributed by atoms with Gasteiger partial charge in [-0.3, -0.25) is 19.5 Å². The van der Waals surface area contributed by atoms with Gasteiger partial charge in [-0.15, -0.1) is 0 Å². The van der Waals surface area contributed by atoms with Crippen LogP contribution in [0.25, 0.3) is 0 Å². The molecule has 0 radical (unpaired) electrons. The zero-order valence-corrected chi connectivity index (χ0v) is 22.1. The van der Waals surface area contributed by atoms with E-state index >= 15 is 0 Å². The normalized spacial score (nSPS) is 20.1. The average molecular weight is 518 g/mol. The van der Waals surface area contributed by atoms with E-state index in [0.717, 1.165) is 42.6 Å². The van der Waals surface area contributed by atoms with Crippen molar-refractivity contribution >= 4 is 17.5 Å². The van der Waals surface area contributed by atoms with Crippen molar-refractivity contribution < 1.29 is 18.8 Å². The molecule has 2 aromatic heterocycles. The Bertz CT molecular complexity index is 1250. The quantitative estimate of drug-likeness (QED) is 0.491. The van der Waals surface area contributed by atoms with Crippen LogP contribution in [0.15, 0.2) is 59.4 Å². The molecule has 2 aliphatic heterocycles. The molecule has 2 atom stereocenters. The van der Waals surface area contributed by atoms with Crippen LogP contribution in [0.3, 0.4) is 0 Å². The number of hydrogen-bond acceptors (Lipinski definition) is 7. The predicted octanol–water partition coefficient (Wildman–Crippen LogP) is 3.83. The molecule has 1 aromatic carbocycles. The number of ether oxygens (including phenoxy) is 1. The number of anilines is 1. The van der Waals surface area contributed by atoms with Gasteiger partial charge in [0.15, 0.2) is 0 Å². The topological polar surface area (TPSA) is 92.0 Å². The second-order valence-electron chi connectivity index (χ2n) is 10.1. The summed E-state index contributed by atoms with van der Waals surface area (Å²) < 4.78 is 10.4. The minimum Gasteiger partial charge on any atom is -0.479 e. The SMILES string of the molecule is COc1cc(CCC(=O)N2Cc3ccccc3N(C(C)=O)CCC3CCC(C2)N3Cc2cccnc2)on1. The molecule has 1 fully saturated rings. The number of benzene rings is 1. The van der Waals surface area contributed by atoms with E-state index in [9.17, 15) is 9.59 Å². The lowest BCUT2D eigenvalue weighted by atomic mass is 10.1. The number of amides is 2. The van der Waals surface area contributed by atoms with E-state index in [1.54, 1.807) is 19.2 Å². The van der Waals surface area contributed by atoms with E-state index in [1.165, 1.54) is 7.11 Å². The standard InChI is InChI=1S/C29H35N5O4/c1-21(35)33-15-13-24-9-10-25(34(24)18-22-6-5-14-30-17-22)20-32(19-23-7-3-4-8-27(23)33)29(36)12-11-26-16-28(37-2)31-38-26/h3-8,14,16-17,24-25H,9-13,15,18-20H2,1-2H3. The van der Waals surface area contributed by atoms with Crippen molar-refractivity contribution in [2.75, 3.05) is 25.1 Å². The highest BCUT2D eigenvalue weighted by Crippen LogP contribution is 2.32. The fourth-order valence-electron chi connectivity index (χ4n) is 5.73. The molecule has 2 unspecified atom stereocenters. The van der Waals surface area contributed by atoms with Gasteiger partial charge in [-0.05, 0) is 47.7 Å². The van der Waals surface area contributed by atoms with Crippen LogP contribution in [0.5, 0.6) is 5.88 Å². The van der Waals surface area contributed by atoms with E-state index in [1.807, 2.05) is 46.3 Å². The first-order chi connectivity index (χ1) is 18.5. The lowest BCUT2D eigenvalue weighted by Crippen LogP contribution is -2.45. The van der Waals surface area contributed by atoms with Crippen LogP contribution >= 0.6 is 0 Å². The van der Waals surface area contributed by atoms with Gasteiger partial charge < -0.3 is 19.1 Å². The molecule has 2 aliphatic rings. The van der Waals surface area contributed by atoms with Gasteiger partial charge in [0.25, 0.3) is 5.88 Å². The van der Waals surface area contributed by atoms with Crippen molar-refractivity contribution in [3.63, 3.8) is 0 Å². The Morgan fingerprint density at radius 3 is 2.71 bits per heavy atom. The monoisotopic (exact) mass is 517 g/mol. The van der Waals surface area contributed by atoms with Gasteiger partial charge in [0.1, 0.15) is 5.76 Å². The number of aromatic nitrogens is 2. The van der Waals surface area contributed by atoms with E-state index in [2.05, 4.69) is 21.1 Å². The number of pyridine rings is 1. The number of rotatable bonds is 6. The number of fused-ring (bicyclic) bond motifs is 3. The third kappa shape index (κ3) is 5.88. The lowest BCUT2D eigenvalue weighted by Gasteiger charge is -2.34. The summed E-state index contributed by atoms with van der Waals surface area (Å²) in [5.41, 5.74) is 3.02. The Labute approximate surface area is 223 Å². The number of nitrogens with zero attached hydrogens (tertiary/aromatic N) is 5. The van der Waals surface area contributed by atoms with Crippen LogP contribution in [0, 0.1) is 0 Å². The second kappa shape index (κ2) is 11.8. The molecule has 0 aliphatic carbocycles. The Morgan fingerprint density at radius 1 is 1.11 bits per heavy atom. The van der Waals surface area contributed by atoms with Crippen molar-refractivity contribution in [2.45, 2.75) is 64.2 Å². The zero-order chi connectivity index (χ0) is 26.5. The van der Waals surface area contributed by atoms with E-state index in [-0.39, 0.29) is 17.9 Å². The lowest BCUT2D eigenvalue weighted by molar-refractivity contribution is -0.132. The summed E-state index contributed by atoms with van der Waals surface area (Å²) in [7, 11) is 1.54.